The van der Waals surface area contributed by atoms with Crippen LogP contribution in [0.15, 0.2) is 30.3 Å². The highest BCUT2D eigenvalue weighted by Gasteiger charge is 2.47. The van der Waals surface area contributed by atoms with Crippen LogP contribution in [0.1, 0.15) is 12.5 Å². The van der Waals surface area contributed by atoms with Gasteiger partial charge in [-0.2, -0.15) is 0 Å². The van der Waals surface area contributed by atoms with E-state index in [1.54, 1.807) is 21.3 Å². The van der Waals surface area contributed by atoms with Gasteiger partial charge in [0.15, 0.2) is 0 Å². The van der Waals surface area contributed by atoms with Crippen LogP contribution in [-0.2, 0) is 19.8 Å². The minimum atomic E-state index is -2.56. The summed E-state index contributed by atoms with van der Waals surface area (Å²) in [6.07, 6.45) is 0. The van der Waals surface area contributed by atoms with E-state index in [0.29, 0.717) is 0 Å². The number of hydrogen-bond acceptors (Lipinski definition) is 3. The summed E-state index contributed by atoms with van der Waals surface area (Å²) in [7, 11) is 6.91. The van der Waals surface area contributed by atoms with E-state index in [4.69, 9.17) is 13.3 Å². The van der Waals surface area contributed by atoms with Gasteiger partial charge in [-0.25, -0.2) is 0 Å². The molecule has 20 heavy (non-hydrogen) atoms. The summed E-state index contributed by atoms with van der Waals surface area (Å²) in [6, 6.07) is 10.5. The molecule has 0 radical (unpaired) electrons. The van der Waals surface area contributed by atoms with E-state index in [0.717, 1.165) is 17.6 Å². The first-order valence-electron chi connectivity index (χ1n) is 6.90. The van der Waals surface area contributed by atoms with Crippen LogP contribution in [0, 0.1) is 0 Å². The van der Waals surface area contributed by atoms with Crippen molar-refractivity contribution in [2.24, 2.45) is 0 Å². The number of rotatable bonds is 8. The van der Waals surface area contributed by atoms with E-state index in [1.165, 1.54) is 5.56 Å². The van der Waals surface area contributed by atoms with Crippen LogP contribution in [0.5, 0.6) is 0 Å². The minimum absolute atomic E-state index is 0.237. The van der Waals surface area contributed by atoms with Gasteiger partial charge < -0.3 is 17.8 Å². The second kappa shape index (κ2) is 7.33. The Morgan fingerprint density at radius 3 is 1.95 bits per heavy atom. The first-order valence-corrected chi connectivity index (χ1v) is 8.70. The Bertz CT molecular complexity index is 385. The summed E-state index contributed by atoms with van der Waals surface area (Å²) >= 11 is 0. The lowest BCUT2D eigenvalue weighted by molar-refractivity contribution is -0.903. The summed E-state index contributed by atoms with van der Waals surface area (Å²) in [5.41, 5.74) is 1.57. The predicted molar refractivity (Wildman–Crippen MR) is 83.3 cm³/mol. The third-order valence-corrected chi connectivity index (χ3v) is 6.78. The number of hydrogen-bond donors (Lipinski definition) is 0. The Labute approximate surface area is 124 Å². The monoisotopic (exact) mass is 298 g/mol. The van der Waals surface area contributed by atoms with Crippen LogP contribution in [0.4, 0.5) is 0 Å². The Hall–Kier alpha value is -0.723. The van der Waals surface area contributed by atoms with E-state index in [1.807, 2.05) is 6.07 Å². The average molecular weight is 298 g/mol. The Morgan fingerprint density at radius 1 is 1.00 bits per heavy atom. The van der Waals surface area contributed by atoms with E-state index in [-0.39, 0.29) is 5.54 Å². The van der Waals surface area contributed by atoms with Crippen LogP contribution in [-0.4, -0.2) is 55.3 Å². The van der Waals surface area contributed by atoms with Gasteiger partial charge in [-0.15, -0.1) is 0 Å². The molecule has 1 aromatic carbocycles. The highest BCUT2D eigenvalue weighted by Crippen LogP contribution is 2.27. The number of quaternary nitrogens is 1. The molecule has 0 bridgehead atoms. The molecule has 0 aromatic heterocycles. The molecule has 0 saturated carbocycles. The largest absolute Gasteiger partial charge is 0.508 e. The predicted octanol–water partition coefficient (Wildman–Crippen LogP) is 2.53. The van der Waals surface area contributed by atoms with E-state index < -0.39 is 8.80 Å². The zero-order valence-electron chi connectivity index (χ0n) is 13.6. The zero-order valence-corrected chi connectivity index (χ0v) is 14.6. The molecule has 1 aromatic rings. The molecule has 0 aliphatic heterocycles. The SMILES string of the molecule is CO[Si](OC)(OC)C(C)C[N+](C)(C)Cc1ccccc1. The Balaban J connectivity index is 2.74. The van der Waals surface area contributed by atoms with Gasteiger partial charge in [0.05, 0.1) is 26.2 Å². The molecule has 1 rings (SSSR count). The maximum absolute atomic E-state index is 5.58. The molecule has 1 atom stereocenters. The van der Waals surface area contributed by atoms with E-state index in [2.05, 4.69) is 45.3 Å². The highest BCUT2D eigenvalue weighted by molar-refractivity contribution is 6.62. The fraction of sp³-hybridized carbons (Fsp3) is 0.600. The summed E-state index contributed by atoms with van der Waals surface area (Å²) in [5.74, 6) is 0. The summed E-state index contributed by atoms with van der Waals surface area (Å²) < 4.78 is 17.6. The smallest absolute Gasteiger partial charge is 0.377 e. The lowest BCUT2D eigenvalue weighted by Crippen LogP contribution is -2.53. The number of benzene rings is 1. The van der Waals surface area contributed by atoms with Crippen molar-refractivity contribution < 1.29 is 17.8 Å². The lowest BCUT2D eigenvalue weighted by atomic mass is 10.2. The second-order valence-corrected chi connectivity index (χ2v) is 9.30. The third kappa shape index (κ3) is 4.39. The van der Waals surface area contributed by atoms with Gasteiger partial charge in [0.1, 0.15) is 6.54 Å². The van der Waals surface area contributed by atoms with Crippen molar-refractivity contribution in [3.8, 4) is 0 Å². The van der Waals surface area contributed by atoms with Gasteiger partial charge in [-0.1, -0.05) is 37.3 Å². The van der Waals surface area contributed by atoms with Crippen molar-refractivity contribution in [3.05, 3.63) is 35.9 Å². The summed E-state index contributed by atoms with van der Waals surface area (Å²) in [6.45, 7) is 4.07. The van der Waals surface area contributed by atoms with Crippen LogP contribution < -0.4 is 0 Å². The Kier molecular flexibility index (Phi) is 6.35. The van der Waals surface area contributed by atoms with E-state index in [9.17, 15) is 0 Å². The molecular weight excluding hydrogens is 270 g/mol. The first kappa shape index (κ1) is 17.3. The normalized spacial score (nSPS) is 14.3. The first-order chi connectivity index (χ1) is 9.39. The quantitative estimate of drug-likeness (QED) is 0.545. The Morgan fingerprint density at radius 2 is 1.50 bits per heavy atom. The standard InChI is InChI=1S/C15H28NO3Si/c1-14(20(17-4,18-5)19-6)12-16(2,3)13-15-10-8-7-9-11-15/h7-11,14H,12-13H2,1-6H3/q+1. The fourth-order valence-electron chi connectivity index (χ4n) is 2.85. The average Bonchev–Trinajstić information content (AvgIpc) is 2.41. The van der Waals surface area contributed by atoms with Crippen LogP contribution in [0.3, 0.4) is 0 Å². The second-order valence-electron chi connectivity index (χ2n) is 5.88. The molecule has 0 fully saturated rings. The van der Waals surface area contributed by atoms with Crippen molar-refractivity contribution in [2.75, 3.05) is 42.0 Å². The third-order valence-electron chi connectivity index (χ3n) is 3.68. The van der Waals surface area contributed by atoms with Gasteiger partial charge >= 0.3 is 8.80 Å². The fourth-order valence-corrected chi connectivity index (χ4v) is 5.27. The molecule has 1 unspecified atom stereocenters. The van der Waals surface area contributed by atoms with Crippen molar-refractivity contribution >= 4 is 8.80 Å². The maximum Gasteiger partial charge on any atom is 0.508 e. The lowest BCUT2D eigenvalue weighted by Gasteiger charge is -2.37. The van der Waals surface area contributed by atoms with Crippen molar-refractivity contribution in [1.82, 2.24) is 0 Å². The topological polar surface area (TPSA) is 27.7 Å². The zero-order chi connectivity index (χ0) is 15.2. The van der Waals surface area contributed by atoms with E-state index >= 15 is 0 Å². The van der Waals surface area contributed by atoms with Gasteiger partial charge in [-0.05, 0) is 0 Å². The molecule has 0 amide bonds. The van der Waals surface area contributed by atoms with Crippen molar-refractivity contribution in [2.45, 2.75) is 19.0 Å². The highest BCUT2D eigenvalue weighted by atomic mass is 28.4. The summed E-state index contributed by atoms with van der Waals surface area (Å²) in [4.78, 5) is 0. The molecule has 0 spiro atoms. The van der Waals surface area contributed by atoms with Crippen LogP contribution >= 0.6 is 0 Å². The molecule has 0 aliphatic carbocycles. The van der Waals surface area contributed by atoms with Gasteiger partial charge in [0.2, 0.25) is 0 Å². The molecular formula is C15H28NO3Si+. The summed E-state index contributed by atoms with van der Waals surface area (Å²) in [5, 5.41) is 0. The van der Waals surface area contributed by atoms with Crippen molar-refractivity contribution in [3.63, 3.8) is 0 Å². The van der Waals surface area contributed by atoms with Gasteiger partial charge in [0.25, 0.3) is 0 Å². The van der Waals surface area contributed by atoms with Crippen molar-refractivity contribution in [1.29, 1.82) is 0 Å². The van der Waals surface area contributed by atoms with Gasteiger partial charge in [-0.3, -0.25) is 0 Å². The molecule has 0 heterocycles. The molecule has 0 N–H and O–H groups in total. The van der Waals surface area contributed by atoms with Gasteiger partial charge in [0, 0.05) is 26.9 Å². The molecule has 114 valence electrons. The molecule has 5 heteroatoms. The van der Waals surface area contributed by atoms with Crippen LogP contribution in [0.2, 0.25) is 5.54 Å². The number of nitrogens with zero attached hydrogens (tertiary/aromatic N) is 1. The maximum atomic E-state index is 5.58. The minimum Gasteiger partial charge on any atom is -0.377 e. The molecule has 0 saturated heterocycles. The molecule has 4 nitrogen and oxygen atoms in total. The molecule has 0 aliphatic rings. The van der Waals surface area contributed by atoms with Crippen LogP contribution in [0.25, 0.3) is 0 Å².